The van der Waals surface area contributed by atoms with Crippen LogP contribution >= 0.6 is 0 Å². The van der Waals surface area contributed by atoms with Gasteiger partial charge in [-0.15, -0.1) is 0 Å². The molecule has 4 N–H and O–H groups in total. The molecule has 1 aromatic carbocycles. The fourth-order valence-electron chi connectivity index (χ4n) is 1.94. The normalized spacial score (nSPS) is 22.4. The molecular formula is C12H15N3O4S. The summed E-state index contributed by atoms with van der Waals surface area (Å²) < 4.78 is 22.2. The standard InChI is InChI=1S/C12H15N3O4S/c1-12(6-10(16)14-7-12)11(17)15-8-2-4-9(5-3-8)20(13,18)19/h2-5H,6-7H2,1H3,(H,14,16)(H,15,17)(H2,13,18,19). The van der Waals surface area contributed by atoms with Gasteiger partial charge in [-0.05, 0) is 31.2 Å². The minimum absolute atomic E-state index is 0.0283. The van der Waals surface area contributed by atoms with Gasteiger partial charge in [-0.3, -0.25) is 9.59 Å². The average molecular weight is 297 g/mol. The first kappa shape index (κ1) is 14.5. The summed E-state index contributed by atoms with van der Waals surface area (Å²) in [5, 5.41) is 10.3. The molecule has 7 nitrogen and oxygen atoms in total. The number of nitrogens with two attached hydrogens (primary N) is 1. The lowest BCUT2D eigenvalue weighted by Gasteiger charge is -2.20. The number of benzene rings is 1. The number of anilines is 1. The molecule has 0 radical (unpaired) electrons. The molecule has 8 heteroatoms. The van der Waals surface area contributed by atoms with Gasteiger partial charge in [-0.2, -0.15) is 0 Å². The molecule has 1 heterocycles. The molecule has 1 unspecified atom stereocenters. The van der Waals surface area contributed by atoms with Crippen molar-refractivity contribution in [2.75, 3.05) is 11.9 Å². The van der Waals surface area contributed by atoms with Crippen molar-refractivity contribution in [1.82, 2.24) is 5.32 Å². The Morgan fingerprint density at radius 2 is 1.95 bits per heavy atom. The minimum atomic E-state index is -3.75. The minimum Gasteiger partial charge on any atom is -0.355 e. The zero-order valence-corrected chi connectivity index (χ0v) is 11.7. The van der Waals surface area contributed by atoms with Crippen LogP contribution in [-0.2, 0) is 19.6 Å². The van der Waals surface area contributed by atoms with Crippen LogP contribution in [0.5, 0.6) is 0 Å². The molecule has 2 rings (SSSR count). The molecule has 2 amide bonds. The summed E-state index contributed by atoms with van der Waals surface area (Å²) in [6, 6.07) is 5.52. The highest BCUT2D eigenvalue weighted by molar-refractivity contribution is 7.89. The zero-order chi connectivity index (χ0) is 15.0. The second-order valence-corrected chi connectivity index (χ2v) is 6.60. The third-order valence-corrected chi connectivity index (χ3v) is 4.14. The maximum absolute atomic E-state index is 12.1. The van der Waals surface area contributed by atoms with E-state index in [4.69, 9.17) is 5.14 Å². The molecule has 1 aromatic rings. The third kappa shape index (κ3) is 2.97. The van der Waals surface area contributed by atoms with E-state index >= 15 is 0 Å². The van der Waals surface area contributed by atoms with Crippen LogP contribution in [0.15, 0.2) is 29.2 Å². The summed E-state index contributed by atoms with van der Waals surface area (Å²) in [7, 11) is -3.75. The molecule has 0 aromatic heterocycles. The molecule has 1 atom stereocenters. The van der Waals surface area contributed by atoms with Gasteiger partial charge in [0.25, 0.3) is 0 Å². The Balaban J connectivity index is 2.11. The number of amides is 2. The second-order valence-electron chi connectivity index (χ2n) is 5.04. The largest absolute Gasteiger partial charge is 0.355 e. The summed E-state index contributed by atoms with van der Waals surface area (Å²) in [5.74, 6) is -0.452. The van der Waals surface area contributed by atoms with Crippen molar-refractivity contribution in [1.29, 1.82) is 0 Å². The van der Waals surface area contributed by atoms with Gasteiger partial charge >= 0.3 is 0 Å². The predicted octanol–water partition coefficient (Wildman–Crippen LogP) is -0.201. The van der Waals surface area contributed by atoms with Crippen LogP contribution < -0.4 is 15.8 Å². The Morgan fingerprint density at radius 1 is 1.35 bits per heavy atom. The zero-order valence-electron chi connectivity index (χ0n) is 10.8. The SMILES string of the molecule is CC1(C(=O)Nc2ccc(S(N)(=O)=O)cc2)CNC(=O)C1. The van der Waals surface area contributed by atoms with Gasteiger partial charge in [0.15, 0.2) is 0 Å². The van der Waals surface area contributed by atoms with Gasteiger partial charge < -0.3 is 10.6 Å². The number of hydrogen-bond donors (Lipinski definition) is 3. The summed E-state index contributed by atoms with van der Waals surface area (Å²) in [4.78, 5) is 23.3. The monoisotopic (exact) mass is 297 g/mol. The van der Waals surface area contributed by atoms with Gasteiger partial charge in [-0.25, -0.2) is 13.6 Å². The maximum atomic E-state index is 12.1. The van der Waals surface area contributed by atoms with E-state index in [1.807, 2.05) is 0 Å². The number of carbonyl (C=O) groups excluding carboxylic acids is 2. The highest BCUT2D eigenvalue weighted by atomic mass is 32.2. The molecule has 0 bridgehead atoms. The second kappa shape index (κ2) is 4.88. The third-order valence-electron chi connectivity index (χ3n) is 3.22. The van der Waals surface area contributed by atoms with Crippen molar-refractivity contribution in [3.63, 3.8) is 0 Å². The molecular weight excluding hydrogens is 282 g/mol. The molecule has 0 saturated carbocycles. The van der Waals surface area contributed by atoms with Crippen molar-refractivity contribution in [3.05, 3.63) is 24.3 Å². The number of rotatable bonds is 3. The number of hydrogen-bond acceptors (Lipinski definition) is 4. The molecule has 1 aliphatic heterocycles. The van der Waals surface area contributed by atoms with Crippen LogP contribution in [0.4, 0.5) is 5.69 Å². The Hall–Kier alpha value is -1.93. The Kier molecular flexibility index (Phi) is 3.53. The molecule has 20 heavy (non-hydrogen) atoms. The Morgan fingerprint density at radius 3 is 2.40 bits per heavy atom. The number of primary sulfonamides is 1. The van der Waals surface area contributed by atoms with Crippen LogP contribution in [0.3, 0.4) is 0 Å². The van der Waals surface area contributed by atoms with E-state index in [1.165, 1.54) is 24.3 Å². The quantitative estimate of drug-likeness (QED) is 0.715. The van der Waals surface area contributed by atoms with Crippen LogP contribution in [0, 0.1) is 5.41 Å². The average Bonchev–Trinajstić information content (AvgIpc) is 2.70. The van der Waals surface area contributed by atoms with Crippen molar-refractivity contribution >= 4 is 27.5 Å². The van der Waals surface area contributed by atoms with Crippen LogP contribution in [-0.4, -0.2) is 26.8 Å². The Bertz CT molecular complexity index is 654. The topological polar surface area (TPSA) is 118 Å². The smallest absolute Gasteiger partial charge is 0.238 e. The molecule has 1 fully saturated rings. The lowest BCUT2D eigenvalue weighted by atomic mass is 9.88. The highest BCUT2D eigenvalue weighted by Crippen LogP contribution is 2.27. The molecule has 108 valence electrons. The van der Waals surface area contributed by atoms with Crippen molar-refractivity contribution in [2.45, 2.75) is 18.2 Å². The summed E-state index contributed by atoms with van der Waals surface area (Å²) >= 11 is 0. The van der Waals surface area contributed by atoms with E-state index < -0.39 is 15.4 Å². The summed E-state index contributed by atoms with van der Waals surface area (Å²) in [6.45, 7) is 1.98. The maximum Gasteiger partial charge on any atom is 0.238 e. The lowest BCUT2D eigenvalue weighted by molar-refractivity contribution is -0.126. The first-order chi connectivity index (χ1) is 9.21. The van der Waals surface area contributed by atoms with Crippen LogP contribution in [0.1, 0.15) is 13.3 Å². The summed E-state index contributed by atoms with van der Waals surface area (Å²) in [6.07, 6.45) is 0.133. The van der Waals surface area contributed by atoms with Crippen molar-refractivity contribution in [3.8, 4) is 0 Å². The first-order valence-electron chi connectivity index (χ1n) is 5.92. The van der Waals surface area contributed by atoms with E-state index in [-0.39, 0.29) is 29.7 Å². The van der Waals surface area contributed by atoms with Crippen LogP contribution in [0.2, 0.25) is 0 Å². The number of carbonyl (C=O) groups is 2. The number of nitrogens with one attached hydrogen (secondary N) is 2. The molecule has 1 saturated heterocycles. The van der Waals surface area contributed by atoms with Crippen LogP contribution in [0.25, 0.3) is 0 Å². The van der Waals surface area contributed by atoms with Crippen molar-refractivity contribution in [2.24, 2.45) is 10.6 Å². The van der Waals surface area contributed by atoms with Gasteiger partial charge in [0.05, 0.1) is 10.3 Å². The first-order valence-corrected chi connectivity index (χ1v) is 7.46. The van der Waals surface area contributed by atoms with Crippen molar-refractivity contribution < 1.29 is 18.0 Å². The fraction of sp³-hybridized carbons (Fsp3) is 0.333. The molecule has 0 aliphatic carbocycles. The highest BCUT2D eigenvalue weighted by Gasteiger charge is 2.40. The number of sulfonamides is 1. The molecule has 0 spiro atoms. The van der Waals surface area contributed by atoms with E-state index in [0.29, 0.717) is 5.69 Å². The lowest BCUT2D eigenvalue weighted by Crippen LogP contribution is -2.35. The van der Waals surface area contributed by atoms with Gasteiger partial charge in [0.2, 0.25) is 21.8 Å². The van der Waals surface area contributed by atoms with E-state index in [2.05, 4.69) is 10.6 Å². The summed E-state index contributed by atoms with van der Waals surface area (Å²) in [5.41, 5.74) is -0.349. The van der Waals surface area contributed by atoms with Gasteiger partial charge in [-0.1, -0.05) is 0 Å². The predicted molar refractivity (Wildman–Crippen MR) is 72.2 cm³/mol. The van der Waals surface area contributed by atoms with E-state index in [0.717, 1.165) is 0 Å². The van der Waals surface area contributed by atoms with E-state index in [1.54, 1.807) is 6.92 Å². The fourth-order valence-corrected chi connectivity index (χ4v) is 2.46. The van der Waals surface area contributed by atoms with E-state index in [9.17, 15) is 18.0 Å². The molecule has 1 aliphatic rings. The van der Waals surface area contributed by atoms with Gasteiger partial charge in [0, 0.05) is 18.7 Å². The van der Waals surface area contributed by atoms with Gasteiger partial charge in [0.1, 0.15) is 0 Å². The Labute approximate surface area is 116 Å².